The van der Waals surface area contributed by atoms with Gasteiger partial charge >= 0.3 is 5.97 Å². The summed E-state index contributed by atoms with van der Waals surface area (Å²) >= 11 is 5.96. The van der Waals surface area contributed by atoms with E-state index in [0.717, 1.165) is 17.7 Å². The number of nitrogens with zero attached hydrogens (tertiary/aromatic N) is 2. The van der Waals surface area contributed by atoms with Crippen molar-refractivity contribution in [2.75, 3.05) is 10.6 Å². The summed E-state index contributed by atoms with van der Waals surface area (Å²) < 4.78 is 5.12. The predicted octanol–water partition coefficient (Wildman–Crippen LogP) is 4.95. The fourth-order valence-corrected chi connectivity index (χ4v) is 3.16. The Hall–Kier alpha value is -4.51. The lowest BCUT2D eigenvalue weighted by molar-refractivity contribution is -0.384. The summed E-state index contributed by atoms with van der Waals surface area (Å²) in [5.74, 6) is -1.76. The third-order valence-electron chi connectivity index (χ3n) is 4.83. The molecule has 1 atom stereocenters. The summed E-state index contributed by atoms with van der Waals surface area (Å²) in [6.45, 7) is 1.62. The van der Waals surface area contributed by atoms with Crippen LogP contribution >= 0.6 is 11.6 Å². The fraction of sp³-hybridized carbons (Fsp3) is 0.130. The van der Waals surface area contributed by atoms with Crippen molar-refractivity contribution in [3.05, 3.63) is 103 Å². The van der Waals surface area contributed by atoms with Crippen molar-refractivity contribution in [2.45, 2.75) is 19.6 Å². The van der Waals surface area contributed by atoms with Crippen molar-refractivity contribution in [1.82, 2.24) is 0 Å². The predicted molar refractivity (Wildman–Crippen MR) is 128 cm³/mol. The van der Waals surface area contributed by atoms with E-state index in [2.05, 4.69) is 10.6 Å². The molecule has 0 saturated heterocycles. The Bertz CT molecular complexity index is 1280. The number of benzene rings is 3. The Morgan fingerprint density at radius 3 is 2.34 bits per heavy atom. The van der Waals surface area contributed by atoms with Gasteiger partial charge in [-0.15, -0.1) is 0 Å². The average Bonchev–Trinajstić information content (AvgIpc) is 2.84. The smallest absolute Gasteiger partial charge is 0.339 e. The van der Waals surface area contributed by atoms with Crippen molar-refractivity contribution in [3.8, 4) is 0 Å². The molecule has 0 saturated carbocycles. The van der Waals surface area contributed by atoms with Crippen molar-refractivity contribution >= 4 is 46.2 Å². The van der Waals surface area contributed by atoms with E-state index in [1.165, 1.54) is 31.2 Å². The van der Waals surface area contributed by atoms with E-state index in [1.54, 1.807) is 0 Å². The fourth-order valence-electron chi connectivity index (χ4n) is 2.99. The minimum atomic E-state index is -1.33. The van der Waals surface area contributed by atoms with Crippen molar-refractivity contribution < 1.29 is 24.2 Å². The quantitative estimate of drug-likeness (QED) is 0.238. The van der Waals surface area contributed by atoms with Gasteiger partial charge in [-0.2, -0.15) is 0 Å². The largest absolute Gasteiger partial charge is 0.449 e. The third-order valence-corrected chi connectivity index (χ3v) is 5.16. The number of ether oxygens (including phenoxy) is 1. The number of rotatable bonds is 9. The lowest BCUT2D eigenvalue weighted by Gasteiger charge is -2.14. The molecule has 0 heterocycles. The van der Waals surface area contributed by atoms with Crippen LogP contribution in [0.25, 0.3) is 0 Å². The van der Waals surface area contributed by atoms with Crippen molar-refractivity contribution in [2.24, 2.45) is 0 Å². The number of amides is 1. The van der Waals surface area contributed by atoms with Gasteiger partial charge in [0, 0.05) is 24.7 Å². The van der Waals surface area contributed by atoms with Gasteiger partial charge in [0.2, 0.25) is 0 Å². The molecule has 12 heteroatoms. The zero-order valence-electron chi connectivity index (χ0n) is 18.3. The number of esters is 1. The van der Waals surface area contributed by atoms with E-state index in [0.29, 0.717) is 6.54 Å². The van der Waals surface area contributed by atoms with Crippen LogP contribution in [0, 0.1) is 20.2 Å². The number of hydrogen-bond acceptors (Lipinski definition) is 8. The van der Waals surface area contributed by atoms with Crippen LogP contribution in [-0.4, -0.2) is 27.8 Å². The van der Waals surface area contributed by atoms with Crippen LogP contribution in [0.1, 0.15) is 22.8 Å². The number of halogens is 1. The van der Waals surface area contributed by atoms with E-state index in [9.17, 15) is 29.8 Å². The molecule has 180 valence electrons. The number of nitro groups is 2. The monoisotopic (exact) mass is 498 g/mol. The highest BCUT2D eigenvalue weighted by Crippen LogP contribution is 2.28. The topological polar surface area (TPSA) is 154 Å². The molecule has 3 aromatic carbocycles. The van der Waals surface area contributed by atoms with Gasteiger partial charge in [0.05, 0.1) is 26.1 Å². The second-order valence-corrected chi connectivity index (χ2v) is 7.69. The summed E-state index contributed by atoms with van der Waals surface area (Å²) in [4.78, 5) is 46.1. The average molecular weight is 499 g/mol. The van der Waals surface area contributed by atoms with Crippen molar-refractivity contribution in [3.63, 3.8) is 0 Å². The van der Waals surface area contributed by atoms with Gasteiger partial charge in [-0.3, -0.25) is 25.0 Å². The molecular weight excluding hydrogens is 480 g/mol. The van der Waals surface area contributed by atoms with Gasteiger partial charge in [0.15, 0.2) is 6.10 Å². The number of nitrogens with one attached hydrogen (secondary N) is 2. The summed E-state index contributed by atoms with van der Waals surface area (Å²) in [7, 11) is 0. The first kappa shape index (κ1) is 25.1. The summed E-state index contributed by atoms with van der Waals surface area (Å²) in [5.41, 5.74) is 0.335. The first-order chi connectivity index (χ1) is 16.7. The van der Waals surface area contributed by atoms with Crippen LogP contribution in [-0.2, 0) is 16.1 Å². The maximum absolute atomic E-state index is 12.5. The Morgan fingerprint density at radius 2 is 1.69 bits per heavy atom. The molecule has 0 aliphatic carbocycles. The molecule has 3 aromatic rings. The van der Waals surface area contributed by atoms with Crippen LogP contribution in [0.4, 0.5) is 22.7 Å². The van der Waals surface area contributed by atoms with Crippen LogP contribution in [0.3, 0.4) is 0 Å². The zero-order chi connectivity index (χ0) is 25.5. The van der Waals surface area contributed by atoms with Gasteiger partial charge in [0.25, 0.3) is 17.3 Å². The summed E-state index contributed by atoms with van der Waals surface area (Å²) in [5, 5.41) is 27.8. The Balaban J connectivity index is 1.69. The summed E-state index contributed by atoms with van der Waals surface area (Å²) in [6, 6.07) is 16.5. The first-order valence-corrected chi connectivity index (χ1v) is 10.6. The maximum Gasteiger partial charge on any atom is 0.339 e. The van der Waals surface area contributed by atoms with Crippen LogP contribution < -0.4 is 10.6 Å². The van der Waals surface area contributed by atoms with E-state index in [4.69, 9.17) is 16.3 Å². The number of carbonyl (C=O) groups excluding carboxylic acids is 2. The number of nitro benzene ring substituents is 2. The zero-order valence-corrected chi connectivity index (χ0v) is 19.0. The number of hydrogen-bond donors (Lipinski definition) is 2. The standard InChI is InChI=1S/C23H19ClN4O7/c1-14(22(29)26-20-12-17(27(31)32)8-9-18(20)24)35-23(30)16-7-10-19(21(11-16)28(33)34)25-13-15-5-3-2-4-6-15/h2-12,14,25H,13H2,1H3,(H,26,29). The van der Waals surface area contributed by atoms with Crippen LogP contribution in [0.2, 0.25) is 5.02 Å². The first-order valence-electron chi connectivity index (χ1n) is 10.2. The SMILES string of the molecule is CC(OC(=O)c1ccc(NCc2ccccc2)c([N+](=O)[O-])c1)C(=O)Nc1cc([N+](=O)[O-])ccc1Cl. The van der Waals surface area contributed by atoms with Gasteiger partial charge in [0.1, 0.15) is 5.69 Å². The highest BCUT2D eigenvalue weighted by atomic mass is 35.5. The van der Waals surface area contributed by atoms with Crippen LogP contribution in [0.5, 0.6) is 0 Å². The molecule has 1 amide bonds. The van der Waals surface area contributed by atoms with E-state index < -0.39 is 27.8 Å². The van der Waals surface area contributed by atoms with E-state index >= 15 is 0 Å². The Labute approximate surface area is 204 Å². The minimum Gasteiger partial charge on any atom is -0.449 e. The minimum absolute atomic E-state index is 0.0294. The molecule has 0 aliphatic rings. The number of anilines is 2. The lowest BCUT2D eigenvalue weighted by Crippen LogP contribution is -2.30. The molecular formula is C23H19ClN4O7. The highest BCUT2D eigenvalue weighted by Gasteiger charge is 2.23. The van der Waals surface area contributed by atoms with Gasteiger partial charge < -0.3 is 15.4 Å². The Morgan fingerprint density at radius 1 is 0.971 bits per heavy atom. The maximum atomic E-state index is 12.5. The van der Waals surface area contributed by atoms with Crippen LogP contribution in [0.15, 0.2) is 66.7 Å². The number of carbonyl (C=O) groups is 2. The molecule has 11 nitrogen and oxygen atoms in total. The van der Waals surface area contributed by atoms with Gasteiger partial charge in [-0.05, 0) is 30.7 Å². The molecule has 35 heavy (non-hydrogen) atoms. The lowest BCUT2D eigenvalue weighted by atomic mass is 10.1. The summed E-state index contributed by atoms with van der Waals surface area (Å²) in [6.07, 6.45) is -1.33. The molecule has 0 fully saturated rings. The van der Waals surface area contributed by atoms with Gasteiger partial charge in [-0.1, -0.05) is 41.9 Å². The molecule has 0 radical (unpaired) electrons. The molecule has 0 bridgehead atoms. The number of non-ortho nitro benzene ring substituents is 1. The molecule has 0 spiro atoms. The Kier molecular flexibility index (Phi) is 7.95. The second kappa shape index (κ2) is 11.1. The third kappa shape index (κ3) is 6.51. The van der Waals surface area contributed by atoms with Gasteiger partial charge in [-0.25, -0.2) is 4.79 Å². The van der Waals surface area contributed by atoms with E-state index in [1.807, 2.05) is 30.3 Å². The normalized spacial score (nSPS) is 11.3. The molecule has 2 N–H and O–H groups in total. The highest BCUT2D eigenvalue weighted by molar-refractivity contribution is 6.33. The molecule has 0 aromatic heterocycles. The van der Waals surface area contributed by atoms with E-state index in [-0.39, 0.29) is 33.3 Å². The second-order valence-electron chi connectivity index (χ2n) is 7.29. The molecule has 3 rings (SSSR count). The molecule has 0 aliphatic heterocycles. The molecule has 1 unspecified atom stereocenters. The van der Waals surface area contributed by atoms with Crippen molar-refractivity contribution in [1.29, 1.82) is 0 Å².